The fraction of sp³-hybridized carbons (Fsp3) is 0.462. The summed E-state index contributed by atoms with van der Waals surface area (Å²) in [6.07, 6.45) is 2.53. The van der Waals surface area contributed by atoms with Crippen LogP contribution in [-0.4, -0.2) is 19.0 Å². The van der Waals surface area contributed by atoms with Crippen molar-refractivity contribution in [2.24, 2.45) is 5.92 Å². The fourth-order valence-corrected chi connectivity index (χ4v) is 2.77. The van der Waals surface area contributed by atoms with E-state index in [0.717, 1.165) is 38.1 Å². The summed E-state index contributed by atoms with van der Waals surface area (Å²) in [5.41, 5.74) is 0.276. The van der Waals surface area contributed by atoms with E-state index in [2.05, 4.69) is 10.6 Å². The maximum Gasteiger partial charge on any atom is 0.224 e. The monoisotopic (exact) mass is 304 g/mol. The van der Waals surface area contributed by atoms with Gasteiger partial charge < -0.3 is 10.6 Å². The molecule has 0 aromatic heterocycles. The number of hydrogen-bond donors (Lipinski definition) is 2. The van der Waals surface area contributed by atoms with E-state index in [-0.39, 0.29) is 21.6 Å². The first-order valence-electron chi connectivity index (χ1n) is 6.21. The summed E-state index contributed by atoms with van der Waals surface area (Å²) in [6.45, 7) is 1.85. The van der Waals surface area contributed by atoms with Crippen molar-refractivity contribution in [3.63, 3.8) is 0 Å². The fourth-order valence-electron chi connectivity index (χ4n) is 2.21. The molecule has 0 radical (unpaired) electrons. The van der Waals surface area contributed by atoms with Gasteiger partial charge in [0.25, 0.3) is 0 Å². The maximum atomic E-state index is 13.0. The van der Waals surface area contributed by atoms with Gasteiger partial charge in [0.2, 0.25) is 5.91 Å². The van der Waals surface area contributed by atoms with Gasteiger partial charge in [0.15, 0.2) is 0 Å². The van der Waals surface area contributed by atoms with E-state index in [1.54, 1.807) is 0 Å². The molecular weight excluding hydrogens is 290 g/mol. The number of rotatable bonds is 3. The van der Waals surface area contributed by atoms with Gasteiger partial charge in [-0.3, -0.25) is 4.79 Å². The van der Waals surface area contributed by atoms with Crippen LogP contribution in [0.15, 0.2) is 12.1 Å². The van der Waals surface area contributed by atoms with Crippen molar-refractivity contribution in [3.8, 4) is 0 Å². The Hall–Kier alpha value is -0.840. The number of anilines is 1. The zero-order valence-corrected chi connectivity index (χ0v) is 11.8. The van der Waals surface area contributed by atoms with Crippen LogP contribution in [-0.2, 0) is 4.79 Å². The molecule has 0 spiro atoms. The molecule has 0 saturated carbocycles. The Bertz CT molecular complexity index is 453. The third-order valence-electron chi connectivity index (χ3n) is 3.14. The van der Waals surface area contributed by atoms with Gasteiger partial charge in [-0.1, -0.05) is 23.2 Å². The van der Waals surface area contributed by atoms with Gasteiger partial charge >= 0.3 is 0 Å². The second-order valence-electron chi connectivity index (χ2n) is 4.71. The second kappa shape index (κ2) is 6.55. The minimum absolute atomic E-state index is 0.111. The average Bonchev–Trinajstić information content (AvgIpc) is 2.35. The molecule has 1 aromatic rings. The van der Waals surface area contributed by atoms with Gasteiger partial charge in [0.05, 0.1) is 15.7 Å². The summed E-state index contributed by atoms with van der Waals surface area (Å²) in [7, 11) is 0. The summed E-state index contributed by atoms with van der Waals surface area (Å²) < 4.78 is 13.0. The Morgan fingerprint density at radius 2 is 2.11 bits per heavy atom. The lowest BCUT2D eigenvalue weighted by Gasteiger charge is -2.22. The summed E-state index contributed by atoms with van der Waals surface area (Å²) in [6, 6.07) is 2.26. The molecule has 1 aromatic carbocycles. The topological polar surface area (TPSA) is 41.1 Å². The summed E-state index contributed by atoms with van der Waals surface area (Å²) >= 11 is 11.7. The molecule has 1 atom stereocenters. The van der Waals surface area contributed by atoms with E-state index in [0.29, 0.717) is 12.3 Å². The molecule has 1 heterocycles. The van der Waals surface area contributed by atoms with Gasteiger partial charge in [-0.2, -0.15) is 0 Å². The summed E-state index contributed by atoms with van der Waals surface area (Å²) in [5, 5.41) is 6.13. The van der Waals surface area contributed by atoms with Crippen molar-refractivity contribution in [1.82, 2.24) is 5.32 Å². The van der Waals surface area contributed by atoms with E-state index < -0.39 is 5.82 Å². The molecule has 3 nitrogen and oxygen atoms in total. The Labute approximate surface area is 121 Å². The smallest absolute Gasteiger partial charge is 0.224 e. The second-order valence-corrected chi connectivity index (χ2v) is 5.52. The maximum absolute atomic E-state index is 13.0. The molecule has 1 amide bonds. The average molecular weight is 305 g/mol. The van der Waals surface area contributed by atoms with Crippen molar-refractivity contribution in [2.45, 2.75) is 19.3 Å². The van der Waals surface area contributed by atoms with Gasteiger partial charge in [-0.15, -0.1) is 0 Å². The predicted molar refractivity (Wildman–Crippen MR) is 75.3 cm³/mol. The van der Waals surface area contributed by atoms with Crippen molar-refractivity contribution < 1.29 is 9.18 Å². The minimum Gasteiger partial charge on any atom is -0.324 e. The molecule has 6 heteroatoms. The highest BCUT2D eigenvalue weighted by atomic mass is 35.5. The third kappa shape index (κ3) is 4.06. The first-order chi connectivity index (χ1) is 9.06. The van der Waals surface area contributed by atoms with Crippen LogP contribution in [0.1, 0.15) is 19.3 Å². The highest BCUT2D eigenvalue weighted by molar-refractivity contribution is 6.39. The number of amides is 1. The lowest BCUT2D eigenvalue weighted by atomic mass is 9.96. The highest BCUT2D eigenvalue weighted by Crippen LogP contribution is 2.31. The molecule has 2 rings (SSSR count). The number of carbonyl (C=O) groups is 1. The van der Waals surface area contributed by atoms with Gasteiger partial charge in [0.1, 0.15) is 5.82 Å². The highest BCUT2D eigenvalue weighted by Gasteiger charge is 2.18. The Morgan fingerprint density at radius 3 is 2.68 bits per heavy atom. The Morgan fingerprint density at radius 1 is 1.42 bits per heavy atom. The van der Waals surface area contributed by atoms with Crippen molar-refractivity contribution in [1.29, 1.82) is 0 Å². The van der Waals surface area contributed by atoms with Crippen LogP contribution in [0.3, 0.4) is 0 Å². The quantitative estimate of drug-likeness (QED) is 0.898. The van der Waals surface area contributed by atoms with Crippen LogP contribution in [0.2, 0.25) is 10.0 Å². The molecule has 1 fully saturated rings. The molecule has 0 bridgehead atoms. The molecule has 0 aliphatic carbocycles. The van der Waals surface area contributed by atoms with Crippen LogP contribution in [0.25, 0.3) is 0 Å². The third-order valence-corrected chi connectivity index (χ3v) is 3.74. The molecule has 2 N–H and O–H groups in total. The minimum atomic E-state index is -0.524. The summed E-state index contributed by atoms with van der Waals surface area (Å²) in [4.78, 5) is 11.9. The van der Waals surface area contributed by atoms with E-state index in [1.807, 2.05) is 0 Å². The van der Waals surface area contributed by atoms with E-state index in [4.69, 9.17) is 23.2 Å². The number of benzene rings is 1. The lowest BCUT2D eigenvalue weighted by molar-refractivity contribution is -0.117. The van der Waals surface area contributed by atoms with Crippen molar-refractivity contribution >= 4 is 34.8 Å². The molecule has 1 saturated heterocycles. The standard InChI is InChI=1S/C13H15Cl2FN2O/c14-10-5-9(16)6-11(15)13(10)18-12(19)4-8-2-1-3-17-7-8/h5-6,8,17H,1-4,7H2,(H,18,19). The van der Waals surface area contributed by atoms with E-state index >= 15 is 0 Å². The van der Waals surface area contributed by atoms with Gasteiger partial charge in [-0.25, -0.2) is 4.39 Å². The normalized spacial score (nSPS) is 19.2. The first kappa shape index (κ1) is 14.6. The van der Waals surface area contributed by atoms with Gasteiger partial charge in [0, 0.05) is 6.42 Å². The van der Waals surface area contributed by atoms with E-state index in [1.165, 1.54) is 0 Å². The SMILES string of the molecule is O=C(CC1CCCNC1)Nc1c(Cl)cc(F)cc1Cl. The van der Waals surface area contributed by atoms with Crippen LogP contribution in [0.5, 0.6) is 0 Å². The Kier molecular flexibility index (Phi) is 5.02. The van der Waals surface area contributed by atoms with Crippen LogP contribution >= 0.6 is 23.2 Å². The zero-order chi connectivity index (χ0) is 13.8. The number of piperidine rings is 1. The lowest BCUT2D eigenvalue weighted by Crippen LogP contribution is -2.32. The molecule has 1 aliphatic heterocycles. The van der Waals surface area contributed by atoms with Crippen LogP contribution in [0, 0.1) is 11.7 Å². The largest absolute Gasteiger partial charge is 0.324 e. The molecular formula is C13H15Cl2FN2O. The van der Waals surface area contributed by atoms with Crippen LogP contribution in [0.4, 0.5) is 10.1 Å². The van der Waals surface area contributed by atoms with Crippen LogP contribution < -0.4 is 10.6 Å². The number of nitrogens with one attached hydrogen (secondary N) is 2. The number of hydrogen-bond acceptors (Lipinski definition) is 2. The summed E-state index contributed by atoms with van der Waals surface area (Å²) in [5.74, 6) is -0.347. The zero-order valence-electron chi connectivity index (χ0n) is 10.3. The van der Waals surface area contributed by atoms with Gasteiger partial charge in [-0.05, 0) is 44.0 Å². The van der Waals surface area contributed by atoms with Crippen molar-refractivity contribution in [2.75, 3.05) is 18.4 Å². The predicted octanol–water partition coefficient (Wildman–Crippen LogP) is 3.46. The molecule has 1 aliphatic rings. The molecule has 104 valence electrons. The Balaban J connectivity index is 1.98. The molecule has 19 heavy (non-hydrogen) atoms. The number of carbonyl (C=O) groups excluding carboxylic acids is 1. The number of halogens is 3. The van der Waals surface area contributed by atoms with Crippen molar-refractivity contribution in [3.05, 3.63) is 28.0 Å². The first-order valence-corrected chi connectivity index (χ1v) is 6.97. The van der Waals surface area contributed by atoms with E-state index in [9.17, 15) is 9.18 Å². The molecule has 1 unspecified atom stereocenters.